The van der Waals surface area contributed by atoms with Crippen LogP contribution in [-0.2, 0) is 10.0 Å². The van der Waals surface area contributed by atoms with E-state index in [1.165, 1.54) is 13.8 Å². The normalized spacial score (nSPS) is 11.6. The predicted octanol–water partition coefficient (Wildman–Crippen LogP) is 2.63. The van der Waals surface area contributed by atoms with Gasteiger partial charge in [0.2, 0.25) is 0 Å². The van der Waals surface area contributed by atoms with Gasteiger partial charge in [-0.05, 0) is 32.9 Å². The molecule has 3 aromatic rings. The number of benzene rings is 1. The lowest BCUT2D eigenvalue weighted by atomic mass is 10.2. The third-order valence-electron chi connectivity index (χ3n) is 3.64. The zero-order valence-corrected chi connectivity index (χ0v) is 14.7. The Kier molecular flexibility index (Phi) is 4.25. The van der Waals surface area contributed by atoms with Crippen LogP contribution in [0.1, 0.15) is 18.4 Å². The number of sulfonamides is 1. The molecule has 0 fully saturated rings. The molecule has 0 bridgehead atoms. The van der Waals surface area contributed by atoms with Crippen molar-refractivity contribution in [3.05, 3.63) is 46.1 Å². The molecule has 132 valence electrons. The highest BCUT2D eigenvalue weighted by Crippen LogP contribution is 2.30. The highest BCUT2D eigenvalue weighted by atomic mass is 32.2. The van der Waals surface area contributed by atoms with Crippen LogP contribution in [-0.4, -0.2) is 20.1 Å². The van der Waals surface area contributed by atoms with E-state index in [1.54, 1.807) is 24.3 Å². The van der Waals surface area contributed by atoms with E-state index in [-0.39, 0.29) is 22.0 Å². The summed E-state index contributed by atoms with van der Waals surface area (Å²) in [5.41, 5.74) is -0.0286. The van der Waals surface area contributed by atoms with Gasteiger partial charge in [0.15, 0.2) is 16.3 Å². The van der Waals surface area contributed by atoms with Crippen molar-refractivity contribution in [2.24, 2.45) is 0 Å². The van der Waals surface area contributed by atoms with Gasteiger partial charge in [0.25, 0.3) is 10.0 Å². The van der Waals surface area contributed by atoms with Gasteiger partial charge in [-0.2, -0.15) is 0 Å². The Morgan fingerprint density at radius 2 is 1.88 bits per heavy atom. The number of para-hydroxylation sites is 1. The molecule has 9 heteroatoms. The van der Waals surface area contributed by atoms with Gasteiger partial charge >= 0.3 is 5.63 Å². The maximum atomic E-state index is 12.7. The van der Waals surface area contributed by atoms with Gasteiger partial charge in [0.05, 0.1) is 5.69 Å². The van der Waals surface area contributed by atoms with Crippen molar-refractivity contribution in [3.8, 4) is 0 Å². The van der Waals surface area contributed by atoms with E-state index in [0.717, 1.165) is 0 Å². The van der Waals surface area contributed by atoms with E-state index in [9.17, 15) is 13.2 Å². The van der Waals surface area contributed by atoms with Crippen molar-refractivity contribution >= 4 is 32.4 Å². The molecule has 8 nitrogen and oxygen atoms in total. The van der Waals surface area contributed by atoms with E-state index < -0.39 is 15.6 Å². The minimum atomic E-state index is -4.07. The van der Waals surface area contributed by atoms with E-state index in [0.29, 0.717) is 23.2 Å². The average Bonchev–Trinajstić information content (AvgIpc) is 2.90. The molecule has 0 radical (unpaired) electrons. The molecule has 0 atom stereocenters. The van der Waals surface area contributed by atoms with Crippen LogP contribution in [0.25, 0.3) is 11.0 Å². The van der Waals surface area contributed by atoms with Crippen molar-refractivity contribution in [2.75, 3.05) is 16.6 Å². The summed E-state index contributed by atoms with van der Waals surface area (Å²) >= 11 is 0. The van der Waals surface area contributed by atoms with E-state index in [1.807, 2.05) is 6.92 Å². The first kappa shape index (κ1) is 17.0. The van der Waals surface area contributed by atoms with Crippen molar-refractivity contribution in [3.63, 3.8) is 0 Å². The number of rotatable bonds is 5. The third kappa shape index (κ3) is 2.98. The second kappa shape index (κ2) is 6.25. The van der Waals surface area contributed by atoms with Gasteiger partial charge in [-0.15, -0.1) is 0 Å². The second-order valence-electron chi connectivity index (χ2n) is 5.42. The number of aryl methyl sites for hydroxylation is 2. The first-order chi connectivity index (χ1) is 11.8. The number of hydrogen-bond acceptors (Lipinski definition) is 7. The molecule has 25 heavy (non-hydrogen) atoms. The molecular formula is C16H17N3O5S. The molecule has 0 spiro atoms. The van der Waals surface area contributed by atoms with Crippen molar-refractivity contribution in [1.29, 1.82) is 0 Å². The topological polar surface area (TPSA) is 114 Å². The number of aromatic nitrogens is 1. The molecule has 2 heterocycles. The minimum absolute atomic E-state index is 0.0949. The van der Waals surface area contributed by atoms with Gasteiger partial charge < -0.3 is 14.3 Å². The predicted molar refractivity (Wildman–Crippen MR) is 93.4 cm³/mol. The number of anilines is 2. The van der Waals surface area contributed by atoms with Crippen molar-refractivity contribution < 1.29 is 17.4 Å². The molecular weight excluding hydrogens is 346 g/mol. The summed E-state index contributed by atoms with van der Waals surface area (Å²) in [5, 5.41) is 7.27. The monoisotopic (exact) mass is 363 g/mol. The highest BCUT2D eigenvalue weighted by molar-refractivity contribution is 7.92. The minimum Gasteiger partial charge on any atom is -0.421 e. The van der Waals surface area contributed by atoms with Gasteiger partial charge in [-0.25, -0.2) is 13.2 Å². The summed E-state index contributed by atoms with van der Waals surface area (Å²) in [4.78, 5) is 12.3. The molecule has 1 aromatic carbocycles. The Balaban J connectivity index is 2.20. The van der Waals surface area contributed by atoms with Crippen LogP contribution in [0.5, 0.6) is 0 Å². The van der Waals surface area contributed by atoms with E-state index in [2.05, 4.69) is 15.2 Å². The summed E-state index contributed by atoms with van der Waals surface area (Å²) in [6.45, 7) is 5.34. The largest absolute Gasteiger partial charge is 0.421 e. The lowest BCUT2D eigenvalue weighted by Gasteiger charge is -2.14. The average molecular weight is 363 g/mol. The summed E-state index contributed by atoms with van der Waals surface area (Å²) < 4.78 is 37.9. The van der Waals surface area contributed by atoms with Crippen LogP contribution in [0.2, 0.25) is 0 Å². The zero-order valence-electron chi connectivity index (χ0n) is 13.9. The van der Waals surface area contributed by atoms with Gasteiger partial charge in [-0.1, -0.05) is 17.3 Å². The van der Waals surface area contributed by atoms with Crippen LogP contribution in [0.4, 0.5) is 11.4 Å². The van der Waals surface area contributed by atoms with Crippen molar-refractivity contribution in [1.82, 2.24) is 5.16 Å². The SMILES string of the molecule is CCNc1c(NS(=O)(=O)c2c(C)noc2C)c(=O)oc2ccccc12. The first-order valence-corrected chi connectivity index (χ1v) is 9.09. The smallest absolute Gasteiger partial charge is 0.363 e. The summed E-state index contributed by atoms with van der Waals surface area (Å²) in [6.07, 6.45) is 0. The fourth-order valence-electron chi connectivity index (χ4n) is 2.65. The molecule has 0 aliphatic carbocycles. The molecule has 2 aromatic heterocycles. The molecule has 0 aliphatic rings. The Bertz CT molecular complexity index is 1080. The van der Waals surface area contributed by atoms with Gasteiger partial charge in [0, 0.05) is 11.9 Å². The molecule has 2 N–H and O–H groups in total. The summed E-state index contributed by atoms with van der Waals surface area (Å²) in [6, 6.07) is 6.89. The van der Waals surface area contributed by atoms with Crippen LogP contribution in [0.3, 0.4) is 0 Å². The molecule has 0 amide bonds. The molecule has 0 aliphatic heterocycles. The van der Waals surface area contributed by atoms with Crippen LogP contribution in [0, 0.1) is 13.8 Å². The molecule has 0 unspecified atom stereocenters. The van der Waals surface area contributed by atoms with Crippen LogP contribution >= 0.6 is 0 Å². The van der Waals surface area contributed by atoms with E-state index >= 15 is 0 Å². The number of nitrogens with zero attached hydrogens (tertiary/aromatic N) is 1. The Labute approximate surface area is 143 Å². The Morgan fingerprint density at radius 1 is 1.16 bits per heavy atom. The lowest BCUT2D eigenvalue weighted by molar-refractivity contribution is 0.390. The molecule has 0 saturated carbocycles. The third-order valence-corrected chi connectivity index (χ3v) is 5.23. The first-order valence-electron chi connectivity index (χ1n) is 7.60. The molecule has 3 rings (SSSR count). The maximum absolute atomic E-state index is 12.7. The Hall–Kier alpha value is -2.81. The quantitative estimate of drug-likeness (QED) is 0.670. The summed E-state index contributed by atoms with van der Waals surface area (Å²) in [7, 11) is -4.07. The standard InChI is InChI=1S/C16H17N3O5S/c1-4-17-13-11-7-5-6-8-12(11)23-16(20)14(13)19-25(21,22)15-9(2)18-24-10(15)3/h5-8,17,19H,4H2,1-3H3. The van der Waals surface area contributed by atoms with Crippen LogP contribution < -0.4 is 15.7 Å². The van der Waals surface area contributed by atoms with Gasteiger partial charge in [0.1, 0.15) is 11.3 Å². The number of fused-ring (bicyclic) bond motifs is 1. The van der Waals surface area contributed by atoms with Crippen molar-refractivity contribution in [2.45, 2.75) is 25.7 Å². The lowest BCUT2D eigenvalue weighted by Crippen LogP contribution is -2.21. The fraction of sp³-hybridized carbons (Fsp3) is 0.250. The number of hydrogen-bond donors (Lipinski definition) is 2. The maximum Gasteiger partial charge on any atom is 0.363 e. The number of nitrogens with one attached hydrogen (secondary N) is 2. The fourth-order valence-corrected chi connectivity index (χ4v) is 4.04. The van der Waals surface area contributed by atoms with E-state index in [4.69, 9.17) is 8.94 Å². The second-order valence-corrected chi connectivity index (χ2v) is 7.04. The highest BCUT2D eigenvalue weighted by Gasteiger charge is 2.27. The van der Waals surface area contributed by atoms with Crippen LogP contribution in [0.15, 0.2) is 42.9 Å². The zero-order chi connectivity index (χ0) is 18.2. The summed E-state index contributed by atoms with van der Waals surface area (Å²) in [5.74, 6) is 0.139. The molecule has 0 saturated heterocycles. The Morgan fingerprint density at radius 3 is 2.52 bits per heavy atom. The van der Waals surface area contributed by atoms with Gasteiger partial charge in [-0.3, -0.25) is 4.72 Å².